The Labute approximate surface area is 147 Å². The second-order valence-corrected chi connectivity index (χ2v) is 6.45. The molecular weight excluding hydrogens is 326 g/mol. The van der Waals surface area contributed by atoms with Crippen molar-refractivity contribution in [1.82, 2.24) is 4.90 Å². The molecular formula is C18H25NO6. The summed E-state index contributed by atoms with van der Waals surface area (Å²) in [5.41, 5.74) is -0.366. The highest BCUT2D eigenvalue weighted by Crippen LogP contribution is 2.27. The Hall–Kier alpha value is -2.41. The zero-order valence-corrected chi connectivity index (χ0v) is 15.0. The highest BCUT2D eigenvalue weighted by Gasteiger charge is 2.40. The Morgan fingerprint density at radius 2 is 1.76 bits per heavy atom. The molecule has 0 saturated carbocycles. The number of benzene rings is 1. The van der Waals surface area contributed by atoms with Crippen LogP contribution in [0.15, 0.2) is 30.3 Å². The molecule has 1 aromatic rings. The maximum atomic E-state index is 11.9. The summed E-state index contributed by atoms with van der Waals surface area (Å²) in [6.45, 7) is 3.46. The average Bonchev–Trinajstić information content (AvgIpc) is 2.57. The van der Waals surface area contributed by atoms with Crippen molar-refractivity contribution in [3.8, 4) is 0 Å². The first-order valence-corrected chi connectivity index (χ1v) is 7.93. The minimum atomic E-state index is -1.35. The number of hydrogen-bond acceptors (Lipinski definition) is 5. The molecule has 138 valence electrons. The van der Waals surface area contributed by atoms with Gasteiger partial charge < -0.3 is 19.5 Å². The predicted molar refractivity (Wildman–Crippen MR) is 90.7 cm³/mol. The number of carbonyl (C=O) groups is 3. The number of esters is 1. The lowest BCUT2D eigenvalue weighted by atomic mass is 9.85. The van der Waals surface area contributed by atoms with Gasteiger partial charge in [0, 0.05) is 20.5 Å². The second-order valence-electron chi connectivity index (χ2n) is 6.45. The number of rotatable bonds is 8. The lowest BCUT2D eigenvalue weighted by Crippen LogP contribution is -2.43. The number of carboxylic acid groups (broad SMARTS) is 1. The van der Waals surface area contributed by atoms with Gasteiger partial charge in [-0.05, 0) is 19.4 Å². The third-order valence-corrected chi connectivity index (χ3v) is 3.82. The number of likely N-dealkylation sites (N-methyl/N-ethyl adjacent to an activating group) is 1. The van der Waals surface area contributed by atoms with Crippen molar-refractivity contribution < 1.29 is 29.0 Å². The average molecular weight is 351 g/mol. The van der Waals surface area contributed by atoms with Crippen LogP contribution in [-0.4, -0.2) is 54.7 Å². The number of aliphatic carboxylic acids is 1. The van der Waals surface area contributed by atoms with Crippen LogP contribution in [0.1, 0.15) is 25.8 Å². The van der Waals surface area contributed by atoms with E-state index in [0.29, 0.717) is 6.61 Å². The van der Waals surface area contributed by atoms with Crippen molar-refractivity contribution in [3.05, 3.63) is 35.9 Å². The Balaban J connectivity index is 2.67. The number of carboxylic acids is 1. The lowest BCUT2D eigenvalue weighted by Gasteiger charge is -2.30. The van der Waals surface area contributed by atoms with E-state index in [2.05, 4.69) is 0 Å². The van der Waals surface area contributed by atoms with E-state index in [1.54, 1.807) is 0 Å². The van der Waals surface area contributed by atoms with Crippen LogP contribution in [-0.2, 0) is 30.5 Å². The standard InChI is InChI=1S/C18H25NO6/c1-18(2,17(22)23)14(25-16(21)15(20)19(3)4)10-11-24-12-13-8-6-5-7-9-13/h5-9,14H,10-12H2,1-4H3,(H,22,23). The number of nitrogens with zero attached hydrogens (tertiary/aromatic N) is 1. The maximum Gasteiger partial charge on any atom is 0.397 e. The molecule has 1 N–H and O–H groups in total. The summed E-state index contributed by atoms with van der Waals surface area (Å²) in [5, 5.41) is 9.38. The van der Waals surface area contributed by atoms with Gasteiger partial charge in [0.2, 0.25) is 0 Å². The van der Waals surface area contributed by atoms with Gasteiger partial charge in [0.15, 0.2) is 0 Å². The highest BCUT2D eigenvalue weighted by atomic mass is 16.6. The minimum Gasteiger partial charge on any atom is -0.481 e. The molecule has 0 spiro atoms. The topological polar surface area (TPSA) is 93.1 Å². The fraction of sp³-hybridized carbons (Fsp3) is 0.500. The van der Waals surface area contributed by atoms with Crippen LogP contribution in [0.3, 0.4) is 0 Å². The van der Waals surface area contributed by atoms with Gasteiger partial charge in [0.25, 0.3) is 0 Å². The Bertz CT molecular complexity index is 597. The fourth-order valence-electron chi connectivity index (χ4n) is 2.02. The summed E-state index contributed by atoms with van der Waals surface area (Å²) in [6, 6.07) is 9.51. The predicted octanol–water partition coefficient (Wildman–Crippen LogP) is 1.70. The van der Waals surface area contributed by atoms with Crippen LogP contribution >= 0.6 is 0 Å². The molecule has 0 aliphatic heterocycles. The number of amides is 1. The van der Waals surface area contributed by atoms with Crippen LogP contribution in [0.2, 0.25) is 0 Å². The molecule has 25 heavy (non-hydrogen) atoms. The zero-order chi connectivity index (χ0) is 19.0. The second kappa shape index (κ2) is 9.17. The lowest BCUT2D eigenvalue weighted by molar-refractivity contribution is -0.174. The normalized spacial score (nSPS) is 12.3. The SMILES string of the molecule is CN(C)C(=O)C(=O)OC(CCOCc1ccccc1)C(C)(C)C(=O)O. The third-order valence-electron chi connectivity index (χ3n) is 3.82. The van der Waals surface area contributed by atoms with E-state index in [1.165, 1.54) is 27.9 Å². The number of carbonyl (C=O) groups excluding carboxylic acids is 2. The molecule has 0 aromatic heterocycles. The summed E-state index contributed by atoms with van der Waals surface area (Å²) in [4.78, 5) is 36.1. The molecule has 0 radical (unpaired) electrons. The van der Waals surface area contributed by atoms with E-state index < -0.39 is 29.4 Å². The van der Waals surface area contributed by atoms with Gasteiger partial charge >= 0.3 is 17.8 Å². The van der Waals surface area contributed by atoms with Gasteiger partial charge in [-0.3, -0.25) is 9.59 Å². The molecule has 1 rings (SSSR count). The monoisotopic (exact) mass is 351 g/mol. The van der Waals surface area contributed by atoms with E-state index in [4.69, 9.17) is 9.47 Å². The molecule has 1 unspecified atom stereocenters. The van der Waals surface area contributed by atoms with Gasteiger partial charge in [0.1, 0.15) is 6.10 Å². The summed E-state index contributed by atoms with van der Waals surface area (Å²) in [7, 11) is 2.84. The molecule has 1 atom stereocenters. The molecule has 0 heterocycles. The van der Waals surface area contributed by atoms with E-state index in [1.807, 2.05) is 30.3 Å². The largest absolute Gasteiger partial charge is 0.481 e. The quantitative estimate of drug-likeness (QED) is 0.435. The van der Waals surface area contributed by atoms with Crippen molar-refractivity contribution in [2.75, 3.05) is 20.7 Å². The smallest absolute Gasteiger partial charge is 0.397 e. The fourth-order valence-corrected chi connectivity index (χ4v) is 2.02. The molecule has 7 heteroatoms. The Morgan fingerprint density at radius 3 is 2.28 bits per heavy atom. The van der Waals surface area contributed by atoms with Crippen LogP contribution in [0.5, 0.6) is 0 Å². The summed E-state index contributed by atoms with van der Waals surface area (Å²) < 4.78 is 10.7. The van der Waals surface area contributed by atoms with Crippen LogP contribution in [0.25, 0.3) is 0 Å². The molecule has 0 fully saturated rings. The first-order chi connectivity index (χ1) is 11.7. The van der Waals surface area contributed by atoms with Gasteiger partial charge in [-0.2, -0.15) is 0 Å². The molecule has 0 bridgehead atoms. The minimum absolute atomic E-state index is 0.165. The van der Waals surface area contributed by atoms with Crippen molar-refractivity contribution in [2.45, 2.75) is 33.0 Å². The van der Waals surface area contributed by atoms with Crippen molar-refractivity contribution in [2.24, 2.45) is 5.41 Å². The van der Waals surface area contributed by atoms with Crippen LogP contribution in [0.4, 0.5) is 0 Å². The van der Waals surface area contributed by atoms with Crippen LogP contribution < -0.4 is 0 Å². The first-order valence-electron chi connectivity index (χ1n) is 7.93. The molecule has 0 saturated heterocycles. The third kappa shape index (κ3) is 6.19. The molecule has 7 nitrogen and oxygen atoms in total. The van der Waals surface area contributed by atoms with Gasteiger partial charge in [-0.1, -0.05) is 30.3 Å². The van der Waals surface area contributed by atoms with Crippen molar-refractivity contribution >= 4 is 17.8 Å². The van der Waals surface area contributed by atoms with E-state index >= 15 is 0 Å². The molecule has 0 aliphatic rings. The molecule has 1 aromatic carbocycles. The Morgan fingerprint density at radius 1 is 1.16 bits per heavy atom. The molecule has 0 aliphatic carbocycles. The number of ether oxygens (including phenoxy) is 2. The number of hydrogen-bond donors (Lipinski definition) is 1. The maximum absolute atomic E-state index is 11.9. The van der Waals surface area contributed by atoms with Gasteiger partial charge in [-0.15, -0.1) is 0 Å². The highest BCUT2D eigenvalue weighted by molar-refractivity contribution is 6.32. The zero-order valence-electron chi connectivity index (χ0n) is 15.0. The van der Waals surface area contributed by atoms with E-state index in [0.717, 1.165) is 10.5 Å². The van der Waals surface area contributed by atoms with Gasteiger partial charge in [0.05, 0.1) is 18.6 Å². The summed E-state index contributed by atoms with van der Waals surface area (Å²) in [5.74, 6) is -3.03. The van der Waals surface area contributed by atoms with Gasteiger partial charge in [-0.25, -0.2) is 4.79 Å². The molecule has 1 amide bonds. The van der Waals surface area contributed by atoms with E-state index in [9.17, 15) is 19.5 Å². The first kappa shape index (κ1) is 20.6. The van der Waals surface area contributed by atoms with Crippen molar-refractivity contribution in [3.63, 3.8) is 0 Å². The van der Waals surface area contributed by atoms with E-state index in [-0.39, 0.29) is 13.0 Å². The van der Waals surface area contributed by atoms with Crippen LogP contribution in [0, 0.1) is 5.41 Å². The van der Waals surface area contributed by atoms with Crippen molar-refractivity contribution in [1.29, 1.82) is 0 Å². The summed E-state index contributed by atoms with van der Waals surface area (Å²) in [6.07, 6.45) is -0.823. The Kier molecular flexibility index (Phi) is 7.57. The summed E-state index contributed by atoms with van der Waals surface area (Å²) >= 11 is 0.